The summed E-state index contributed by atoms with van der Waals surface area (Å²) in [6.45, 7) is 9.07. The van der Waals surface area contributed by atoms with Gasteiger partial charge in [0.2, 0.25) is 15.9 Å². The molecule has 1 aliphatic heterocycles. The normalized spacial score (nSPS) is 17.7. The van der Waals surface area contributed by atoms with Crippen molar-refractivity contribution in [2.45, 2.75) is 52.5 Å². The summed E-state index contributed by atoms with van der Waals surface area (Å²) in [4.78, 5) is 12.7. The summed E-state index contributed by atoms with van der Waals surface area (Å²) in [5.41, 5.74) is 3.29. The molecule has 1 aliphatic rings. The van der Waals surface area contributed by atoms with E-state index in [0.717, 1.165) is 22.4 Å². The quantitative estimate of drug-likeness (QED) is 0.802. The van der Waals surface area contributed by atoms with Crippen LogP contribution < -0.4 is 10.1 Å². The van der Waals surface area contributed by atoms with E-state index in [9.17, 15) is 13.2 Å². The van der Waals surface area contributed by atoms with Crippen LogP contribution in [0.5, 0.6) is 5.75 Å². The summed E-state index contributed by atoms with van der Waals surface area (Å²) < 4.78 is 30.2. The van der Waals surface area contributed by atoms with Gasteiger partial charge in [-0.2, -0.15) is 0 Å². The summed E-state index contributed by atoms with van der Waals surface area (Å²) in [6, 6.07) is 4.03. The Morgan fingerprint density at radius 3 is 2.26 bits per heavy atom. The molecule has 1 N–H and O–H groups in total. The molecular formula is C20H32N2O4S. The number of piperidine rings is 1. The van der Waals surface area contributed by atoms with E-state index in [0.29, 0.717) is 31.8 Å². The topological polar surface area (TPSA) is 75.7 Å². The molecule has 0 radical (unpaired) electrons. The summed E-state index contributed by atoms with van der Waals surface area (Å²) >= 11 is 0. The van der Waals surface area contributed by atoms with E-state index in [2.05, 4.69) is 25.2 Å². The smallest absolute Gasteiger partial charge is 0.223 e. The third-order valence-corrected chi connectivity index (χ3v) is 6.66. The Kier molecular flexibility index (Phi) is 6.92. The first-order chi connectivity index (χ1) is 12.5. The van der Waals surface area contributed by atoms with E-state index >= 15 is 0 Å². The van der Waals surface area contributed by atoms with Gasteiger partial charge >= 0.3 is 0 Å². The molecule has 1 aromatic rings. The molecule has 0 bridgehead atoms. The molecule has 1 fully saturated rings. The predicted molar refractivity (Wildman–Crippen MR) is 108 cm³/mol. The number of carbonyl (C=O) groups excluding carboxylic acids is 1. The average molecular weight is 397 g/mol. The van der Waals surface area contributed by atoms with Crippen molar-refractivity contribution >= 4 is 15.9 Å². The van der Waals surface area contributed by atoms with Crippen LogP contribution in [0, 0.1) is 12.8 Å². The Balaban J connectivity index is 2.08. The highest BCUT2D eigenvalue weighted by Crippen LogP contribution is 2.32. The van der Waals surface area contributed by atoms with Gasteiger partial charge in [-0.3, -0.25) is 4.79 Å². The molecule has 152 valence electrons. The van der Waals surface area contributed by atoms with Crippen molar-refractivity contribution in [2.24, 2.45) is 5.92 Å². The maximum absolute atomic E-state index is 12.7. The molecular weight excluding hydrogens is 364 g/mol. The minimum Gasteiger partial charge on any atom is -0.496 e. The number of rotatable bonds is 6. The second-order valence-corrected chi connectivity index (χ2v) is 9.75. The van der Waals surface area contributed by atoms with Crippen molar-refractivity contribution in [3.63, 3.8) is 0 Å². The zero-order chi connectivity index (χ0) is 20.4. The average Bonchev–Trinajstić information content (AvgIpc) is 2.60. The second kappa shape index (κ2) is 8.61. The number of nitrogens with zero attached hydrogens (tertiary/aromatic N) is 1. The molecule has 7 heteroatoms. The summed E-state index contributed by atoms with van der Waals surface area (Å²) in [5, 5.41) is 3.12. The lowest BCUT2D eigenvalue weighted by Crippen LogP contribution is -2.43. The Hall–Kier alpha value is -1.60. The van der Waals surface area contributed by atoms with Gasteiger partial charge in [0.05, 0.1) is 19.4 Å². The van der Waals surface area contributed by atoms with Gasteiger partial charge in [0.15, 0.2) is 0 Å². The molecule has 1 amide bonds. The molecule has 1 atom stereocenters. The van der Waals surface area contributed by atoms with E-state index < -0.39 is 10.0 Å². The lowest BCUT2D eigenvalue weighted by Gasteiger charge is -2.30. The van der Waals surface area contributed by atoms with Crippen LogP contribution >= 0.6 is 0 Å². The van der Waals surface area contributed by atoms with Gasteiger partial charge < -0.3 is 10.1 Å². The van der Waals surface area contributed by atoms with Crippen molar-refractivity contribution < 1.29 is 17.9 Å². The first-order valence-electron chi connectivity index (χ1n) is 9.48. The lowest BCUT2D eigenvalue weighted by atomic mass is 9.92. The predicted octanol–water partition coefficient (Wildman–Crippen LogP) is 2.98. The van der Waals surface area contributed by atoms with Crippen LogP contribution in [0.2, 0.25) is 0 Å². The Morgan fingerprint density at radius 1 is 1.19 bits per heavy atom. The zero-order valence-corrected chi connectivity index (χ0v) is 18.0. The maximum Gasteiger partial charge on any atom is 0.223 e. The first kappa shape index (κ1) is 21.7. The number of hydrogen-bond acceptors (Lipinski definition) is 4. The summed E-state index contributed by atoms with van der Waals surface area (Å²) in [6.07, 6.45) is 2.34. The van der Waals surface area contributed by atoms with Gasteiger partial charge in [-0.1, -0.05) is 13.8 Å². The summed E-state index contributed by atoms with van der Waals surface area (Å²) in [5.74, 6) is 1.05. The summed E-state index contributed by atoms with van der Waals surface area (Å²) in [7, 11) is -1.50. The number of nitrogens with one attached hydrogen (secondary N) is 1. The van der Waals surface area contributed by atoms with E-state index in [4.69, 9.17) is 4.74 Å². The lowest BCUT2D eigenvalue weighted by molar-refractivity contribution is -0.126. The van der Waals surface area contributed by atoms with Crippen LogP contribution in [-0.2, 0) is 14.8 Å². The maximum atomic E-state index is 12.7. The van der Waals surface area contributed by atoms with Crippen LogP contribution in [0.3, 0.4) is 0 Å². The molecule has 0 aliphatic carbocycles. The zero-order valence-electron chi connectivity index (χ0n) is 17.2. The molecule has 1 aromatic carbocycles. The van der Waals surface area contributed by atoms with Crippen molar-refractivity contribution in [1.29, 1.82) is 0 Å². The molecule has 2 rings (SSSR count). The highest BCUT2D eigenvalue weighted by Gasteiger charge is 2.29. The highest BCUT2D eigenvalue weighted by atomic mass is 32.2. The van der Waals surface area contributed by atoms with Crippen molar-refractivity contribution in [1.82, 2.24) is 9.62 Å². The van der Waals surface area contributed by atoms with Crippen LogP contribution in [0.15, 0.2) is 12.1 Å². The standard InChI is InChI=1S/C20H32N2O4S/c1-13(2)17-12-18(14(3)11-19(17)26-5)15(4)21-20(23)16-7-9-22(10-8-16)27(6,24)25/h11-13,15-16H,7-10H2,1-6H3,(H,21,23). The molecule has 0 spiro atoms. The Morgan fingerprint density at radius 2 is 1.78 bits per heavy atom. The highest BCUT2D eigenvalue weighted by molar-refractivity contribution is 7.88. The molecule has 27 heavy (non-hydrogen) atoms. The van der Waals surface area contributed by atoms with Crippen LogP contribution in [0.25, 0.3) is 0 Å². The number of methoxy groups -OCH3 is 1. The van der Waals surface area contributed by atoms with Crippen LogP contribution in [0.1, 0.15) is 62.3 Å². The minimum absolute atomic E-state index is 0.00281. The third kappa shape index (κ3) is 5.23. The molecule has 0 saturated carbocycles. The number of benzene rings is 1. The second-order valence-electron chi connectivity index (χ2n) is 7.77. The minimum atomic E-state index is -3.18. The van der Waals surface area contributed by atoms with Crippen molar-refractivity contribution in [3.05, 3.63) is 28.8 Å². The van der Waals surface area contributed by atoms with Gasteiger partial charge in [-0.25, -0.2) is 12.7 Å². The molecule has 1 saturated heterocycles. The number of aryl methyl sites for hydroxylation is 1. The van der Waals surface area contributed by atoms with Gasteiger partial charge in [0.1, 0.15) is 5.75 Å². The van der Waals surface area contributed by atoms with Gasteiger partial charge in [-0.15, -0.1) is 0 Å². The van der Waals surface area contributed by atoms with Crippen LogP contribution in [-0.4, -0.2) is 45.1 Å². The van der Waals surface area contributed by atoms with E-state index in [1.807, 2.05) is 19.9 Å². The number of amides is 1. The van der Waals surface area contributed by atoms with Gasteiger partial charge in [0, 0.05) is 19.0 Å². The Labute approximate surface area is 163 Å². The monoisotopic (exact) mass is 396 g/mol. The molecule has 0 aromatic heterocycles. The van der Waals surface area contributed by atoms with Crippen molar-refractivity contribution in [2.75, 3.05) is 26.5 Å². The number of carbonyl (C=O) groups is 1. The number of ether oxygens (including phenoxy) is 1. The fraction of sp³-hybridized carbons (Fsp3) is 0.650. The van der Waals surface area contributed by atoms with E-state index in [1.165, 1.54) is 10.6 Å². The Bertz CT molecular complexity index is 781. The SMILES string of the molecule is COc1cc(C)c(C(C)NC(=O)C2CCN(S(C)(=O)=O)CC2)cc1C(C)C. The molecule has 1 heterocycles. The number of hydrogen-bond donors (Lipinski definition) is 1. The fourth-order valence-electron chi connectivity index (χ4n) is 3.67. The first-order valence-corrected chi connectivity index (χ1v) is 11.3. The van der Waals surface area contributed by atoms with E-state index in [-0.39, 0.29) is 17.9 Å². The fourth-order valence-corrected chi connectivity index (χ4v) is 4.54. The van der Waals surface area contributed by atoms with Gasteiger partial charge in [-0.05, 0) is 61.4 Å². The van der Waals surface area contributed by atoms with Gasteiger partial charge in [0.25, 0.3) is 0 Å². The van der Waals surface area contributed by atoms with Crippen LogP contribution in [0.4, 0.5) is 0 Å². The number of sulfonamides is 1. The van der Waals surface area contributed by atoms with Crippen molar-refractivity contribution in [3.8, 4) is 5.75 Å². The third-order valence-electron chi connectivity index (χ3n) is 5.36. The largest absolute Gasteiger partial charge is 0.496 e. The van der Waals surface area contributed by atoms with E-state index in [1.54, 1.807) is 7.11 Å². The molecule has 1 unspecified atom stereocenters. The molecule has 6 nitrogen and oxygen atoms in total.